The monoisotopic (exact) mass is 637 g/mol. The molecule has 9 nitrogen and oxygen atoms in total. The lowest BCUT2D eigenvalue weighted by Crippen LogP contribution is -2.40. The highest BCUT2D eigenvalue weighted by atomic mass is 32.1. The summed E-state index contributed by atoms with van der Waals surface area (Å²) in [5, 5.41) is 9.42. The third-order valence-corrected chi connectivity index (χ3v) is 8.16. The number of esters is 1. The van der Waals surface area contributed by atoms with Crippen LogP contribution < -0.4 is 29.1 Å². The number of rotatable bonds is 11. The maximum atomic E-state index is 14.1. The molecule has 0 fully saturated rings. The highest BCUT2D eigenvalue weighted by Gasteiger charge is 2.33. The second kappa shape index (κ2) is 14.3. The summed E-state index contributed by atoms with van der Waals surface area (Å²) in [6.07, 6.45) is 1.44. The minimum atomic E-state index is -0.730. The van der Waals surface area contributed by atoms with E-state index in [-0.39, 0.29) is 18.3 Å². The first-order valence-electron chi connectivity index (χ1n) is 15.1. The van der Waals surface area contributed by atoms with Crippen LogP contribution in [0.15, 0.2) is 87.8 Å². The first-order chi connectivity index (χ1) is 22.2. The molecule has 0 saturated heterocycles. The molecule has 2 heterocycles. The Morgan fingerprint density at radius 3 is 2.46 bits per heavy atom. The van der Waals surface area contributed by atoms with Crippen LogP contribution in [-0.2, 0) is 16.1 Å². The zero-order valence-electron chi connectivity index (χ0n) is 26.4. The van der Waals surface area contributed by atoms with E-state index in [1.165, 1.54) is 11.3 Å². The van der Waals surface area contributed by atoms with Gasteiger partial charge in [-0.05, 0) is 82.2 Å². The van der Waals surface area contributed by atoms with Gasteiger partial charge in [0.15, 0.2) is 16.3 Å². The zero-order valence-corrected chi connectivity index (χ0v) is 27.2. The fourth-order valence-electron chi connectivity index (χ4n) is 5.15. The average molecular weight is 638 g/mol. The normalized spacial score (nSPS) is 14.4. The highest BCUT2D eigenvalue weighted by molar-refractivity contribution is 7.07. The van der Waals surface area contributed by atoms with E-state index in [4.69, 9.17) is 18.9 Å². The molecule has 10 heteroatoms. The lowest BCUT2D eigenvalue weighted by Gasteiger charge is -2.25. The molecule has 1 aliphatic heterocycles. The first-order valence-corrected chi connectivity index (χ1v) is 15.9. The van der Waals surface area contributed by atoms with Gasteiger partial charge in [-0.3, -0.25) is 9.36 Å². The fourth-order valence-corrected chi connectivity index (χ4v) is 6.20. The van der Waals surface area contributed by atoms with Gasteiger partial charge in [-0.2, -0.15) is 5.26 Å². The van der Waals surface area contributed by atoms with Crippen molar-refractivity contribution in [1.82, 2.24) is 4.57 Å². The van der Waals surface area contributed by atoms with Crippen molar-refractivity contribution in [2.24, 2.45) is 4.99 Å². The molecule has 0 unspecified atom stereocenters. The van der Waals surface area contributed by atoms with Gasteiger partial charge in [-0.15, -0.1) is 0 Å². The highest BCUT2D eigenvalue weighted by Crippen LogP contribution is 2.33. The van der Waals surface area contributed by atoms with Gasteiger partial charge in [-0.25, -0.2) is 9.79 Å². The summed E-state index contributed by atoms with van der Waals surface area (Å²) in [5.74, 6) is 1.21. The average Bonchev–Trinajstić information content (AvgIpc) is 3.34. The second-order valence-corrected chi connectivity index (χ2v) is 11.7. The van der Waals surface area contributed by atoms with E-state index in [9.17, 15) is 14.9 Å². The van der Waals surface area contributed by atoms with Gasteiger partial charge < -0.3 is 18.9 Å². The second-order valence-electron chi connectivity index (χ2n) is 10.7. The van der Waals surface area contributed by atoms with Crippen LogP contribution in [0.3, 0.4) is 0 Å². The van der Waals surface area contributed by atoms with Crippen LogP contribution in [-0.4, -0.2) is 29.9 Å². The smallest absolute Gasteiger partial charge is 0.338 e. The number of allylic oxidation sites excluding steroid dienone is 1. The van der Waals surface area contributed by atoms with Crippen LogP contribution in [0, 0.1) is 11.3 Å². The molecule has 4 aromatic rings. The molecule has 0 amide bonds. The Bertz CT molecular complexity index is 2000. The molecule has 5 rings (SSSR count). The van der Waals surface area contributed by atoms with Crippen LogP contribution in [0.25, 0.3) is 6.08 Å². The molecule has 1 aromatic heterocycles. The number of hydrogen-bond acceptors (Lipinski definition) is 9. The summed E-state index contributed by atoms with van der Waals surface area (Å²) in [7, 11) is 0. The van der Waals surface area contributed by atoms with Crippen molar-refractivity contribution in [2.45, 2.75) is 53.4 Å². The van der Waals surface area contributed by atoms with Crippen molar-refractivity contribution in [3.63, 3.8) is 0 Å². The Morgan fingerprint density at radius 1 is 1.02 bits per heavy atom. The lowest BCUT2D eigenvalue weighted by molar-refractivity contribution is -0.143. The van der Waals surface area contributed by atoms with Crippen LogP contribution >= 0.6 is 11.3 Å². The molecule has 46 heavy (non-hydrogen) atoms. The molecular formula is C36H35N3O6S. The number of hydrogen-bond donors (Lipinski definition) is 0. The summed E-state index contributed by atoms with van der Waals surface area (Å²) in [4.78, 5) is 32.6. The minimum Gasteiger partial charge on any atom is -0.494 e. The number of aromatic nitrogens is 1. The van der Waals surface area contributed by atoms with Crippen molar-refractivity contribution in [2.75, 3.05) is 13.2 Å². The molecule has 0 radical (unpaired) electrons. The van der Waals surface area contributed by atoms with Gasteiger partial charge in [0.1, 0.15) is 12.4 Å². The summed E-state index contributed by atoms with van der Waals surface area (Å²) >= 11 is 1.25. The van der Waals surface area contributed by atoms with Crippen LogP contribution in [0.1, 0.15) is 62.9 Å². The van der Waals surface area contributed by atoms with Gasteiger partial charge in [0.05, 0.1) is 52.8 Å². The molecule has 0 bridgehead atoms. The number of nitrogens with zero attached hydrogens (tertiary/aromatic N) is 3. The van der Waals surface area contributed by atoms with Crippen molar-refractivity contribution < 1.29 is 23.7 Å². The predicted molar refractivity (Wildman–Crippen MR) is 176 cm³/mol. The van der Waals surface area contributed by atoms with Gasteiger partial charge in [-0.1, -0.05) is 47.7 Å². The van der Waals surface area contributed by atoms with Crippen molar-refractivity contribution in [3.8, 4) is 23.3 Å². The summed E-state index contributed by atoms with van der Waals surface area (Å²) in [6, 6.07) is 21.5. The summed E-state index contributed by atoms with van der Waals surface area (Å²) < 4.78 is 25.1. The van der Waals surface area contributed by atoms with Crippen LogP contribution in [0.2, 0.25) is 0 Å². The fraction of sp³-hybridized carbons (Fsp3) is 0.278. The van der Waals surface area contributed by atoms with Crippen LogP contribution in [0.4, 0.5) is 0 Å². The molecular weight excluding hydrogens is 602 g/mol. The minimum absolute atomic E-state index is 0.203. The molecule has 0 N–H and O–H groups in total. The summed E-state index contributed by atoms with van der Waals surface area (Å²) in [5.41, 5.74) is 3.31. The van der Waals surface area contributed by atoms with E-state index in [0.29, 0.717) is 56.6 Å². The molecule has 1 aliphatic rings. The Kier molecular flexibility index (Phi) is 10.0. The number of benzene rings is 3. The van der Waals surface area contributed by atoms with Crippen molar-refractivity contribution in [3.05, 3.63) is 120 Å². The van der Waals surface area contributed by atoms with E-state index >= 15 is 0 Å². The largest absolute Gasteiger partial charge is 0.494 e. The Hall–Kier alpha value is -5.14. The Labute approximate surface area is 271 Å². The van der Waals surface area contributed by atoms with Crippen molar-refractivity contribution in [1.29, 1.82) is 5.26 Å². The molecule has 236 valence electrons. The number of nitriles is 1. The third kappa shape index (κ3) is 6.90. The third-order valence-electron chi connectivity index (χ3n) is 7.18. The number of thiazole rings is 1. The van der Waals surface area contributed by atoms with Gasteiger partial charge in [0, 0.05) is 5.56 Å². The molecule has 0 saturated carbocycles. The number of ether oxygens (including phenoxy) is 4. The maximum absolute atomic E-state index is 14.1. The van der Waals surface area contributed by atoms with E-state index < -0.39 is 12.0 Å². The van der Waals surface area contributed by atoms with E-state index in [2.05, 4.69) is 11.1 Å². The summed E-state index contributed by atoms with van der Waals surface area (Å²) in [6.45, 7) is 10.3. The van der Waals surface area contributed by atoms with E-state index in [1.54, 1.807) is 43.5 Å². The predicted octanol–water partition coefficient (Wildman–Crippen LogP) is 5.43. The SMILES string of the molecule is CCOc1ccc([C@H]2C(C(=O)OC(C)C)=C(C)N=c3s/c(=C/c4ccc(OCc5ccccc5C#N)c(OCC)c4)c(=O)n32)cc1. The molecule has 1 atom stereocenters. The number of carbonyl (C=O) groups excluding carboxylic acids is 1. The first kappa shape index (κ1) is 32.3. The lowest BCUT2D eigenvalue weighted by atomic mass is 9.96. The van der Waals surface area contributed by atoms with Gasteiger partial charge in [0.25, 0.3) is 5.56 Å². The molecule has 0 spiro atoms. The topological polar surface area (TPSA) is 112 Å². The van der Waals surface area contributed by atoms with Crippen LogP contribution in [0.5, 0.6) is 17.2 Å². The zero-order chi connectivity index (χ0) is 32.8. The quantitative estimate of drug-likeness (QED) is 0.202. The van der Waals surface area contributed by atoms with Gasteiger partial charge in [0.2, 0.25) is 0 Å². The number of carbonyl (C=O) groups is 1. The molecule has 3 aromatic carbocycles. The Balaban J connectivity index is 1.55. The van der Waals surface area contributed by atoms with Crippen molar-refractivity contribution >= 4 is 23.4 Å². The number of fused-ring (bicyclic) bond motifs is 1. The van der Waals surface area contributed by atoms with Gasteiger partial charge >= 0.3 is 5.97 Å². The molecule has 0 aliphatic carbocycles. The van der Waals surface area contributed by atoms with E-state index in [0.717, 1.165) is 16.7 Å². The standard InChI is InChI=1S/C36H35N3O6S/c1-6-42-28-15-13-25(14-16-28)33-32(35(41)45-22(3)4)23(5)38-36-39(33)34(40)31(46-36)19-24-12-17-29(30(18-24)43-7-2)44-21-27-11-9-8-10-26(27)20-37/h8-19,22,33H,6-7,21H2,1-5H3/b31-19+/t33-/m0/s1. The van der Waals surface area contributed by atoms with E-state index in [1.807, 2.05) is 68.4 Å². The Morgan fingerprint density at radius 2 is 1.76 bits per heavy atom. The maximum Gasteiger partial charge on any atom is 0.338 e.